The molecule has 0 saturated carbocycles. The first-order valence-corrected chi connectivity index (χ1v) is 10.1. The molecule has 1 fully saturated rings. The van der Waals surface area contributed by atoms with Gasteiger partial charge >= 0.3 is 0 Å². The van der Waals surface area contributed by atoms with Crippen molar-refractivity contribution in [3.05, 3.63) is 71.4 Å². The zero-order chi connectivity index (χ0) is 19.8. The van der Waals surface area contributed by atoms with E-state index in [9.17, 15) is 9.59 Å². The molecule has 1 saturated heterocycles. The maximum absolute atomic E-state index is 13.2. The number of anilines is 1. The lowest BCUT2D eigenvalue weighted by molar-refractivity contribution is 0.0734. The highest BCUT2D eigenvalue weighted by Gasteiger charge is 2.34. The second-order valence-corrected chi connectivity index (χ2v) is 7.82. The lowest BCUT2D eigenvalue weighted by Crippen LogP contribution is -2.31. The van der Waals surface area contributed by atoms with E-state index in [1.165, 1.54) is 17.6 Å². The molecule has 1 aliphatic rings. The number of hydrogen-bond acceptors (Lipinski definition) is 6. The van der Waals surface area contributed by atoms with Gasteiger partial charge in [0.1, 0.15) is 0 Å². The monoisotopic (exact) mass is 407 g/mol. The van der Waals surface area contributed by atoms with Crippen molar-refractivity contribution in [1.82, 2.24) is 19.5 Å². The van der Waals surface area contributed by atoms with Gasteiger partial charge in [0.25, 0.3) is 11.8 Å². The molecule has 0 aliphatic carbocycles. The Bertz CT molecular complexity index is 1180. The van der Waals surface area contributed by atoms with Crippen LogP contribution in [0.15, 0.2) is 59.3 Å². The first-order valence-electron chi connectivity index (χ1n) is 9.26. The maximum Gasteiger partial charge on any atom is 0.291 e. The van der Waals surface area contributed by atoms with Gasteiger partial charge in [-0.05, 0) is 49.2 Å². The predicted octanol–water partition coefficient (Wildman–Crippen LogP) is 3.61. The quantitative estimate of drug-likeness (QED) is 0.558. The summed E-state index contributed by atoms with van der Waals surface area (Å²) in [5.41, 5.74) is 0.765. The number of hydrogen-bond donors (Lipinski definition) is 1. The van der Waals surface area contributed by atoms with Crippen molar-refractivity contribution in [2.24, 2.45) is 0 Å². The molecule has 9 heteroatoms. The molecule has 0 radical (unpaired) electrons. The smallest absolute Gasteiger partial charge is 0.291 e. The molecular formula is C20H17N5O3S. The highest BCUT2D eigenvalue weighted by Crippen LogP contribution is 2.34. The van der Waals surface area contributed by atoms with Gasteiger partial charge in [-0.3, -0.25) is 14.0 Å². The van der Waals surface area contributed by atoms with Crippen LogP contribution < -0.4 is 5.32 Å². The van der Waals surface area contributed by atoms with Crippen LogP contribution in [-0.4, -0.2) is 37.9 Å². The number of nitrogens with one attached hydrogen (secondary N) is 1. The summed E-state index contributed by atoms with van der Waals surface area (Å²) in [5, 5.41) is 11.9. The van der Waals surface area contributed by atoms with Gasteiger partial charge < -0.3 is 14.6 Å². The van der Waals surface area contributed by atoms with E-state index >= 15 is 0 Å². The summed E-state index contributed by atoms with van der Waals surface area (Å²) in [6.45, 7) is 0.664. The number of carbonyl (C=O) groups excluding carboxylic acids is 2. The van der Waals surface area contributed by atoms with Crippen LogP contribution in [0.4, 0.5) is 5.00 Å². The minimum atomic E-state index is -0.343. The normalized spacial score (nSPS) is 16.4. The molecule has 2 amide bonds. The first-order chi connectivity index (χ1) is 14.2. The Hall–Kier alpha value is -3.46. The number of furan rings is 1. The standard InChI is InChI=1S/C20H17N5O3S/c26-19(14-6-4-12-28-14)21-17-9-8-15(29-17)20(27)24-11-3-5-13(24)18-23-22-16-7-1-2-10-25(16)18/h1-2,4,6-10,12-13H,3,5,11H2,(H,21,26)/t13-/m1/s1. The Balaban J connectivity index is 1.36. The van der Waals surface area contributed by atoms with Crippen molar-refractivity contribution in [3.63, 3.8) is 0 Å². The highest BCUT2D eigenvalue weighted by atomic mass is 32.1. The van der Waals surface area contributed by atoms with E-state index in [0.29, 0.717) is 16.4 Å². The van der Waals surface area contributed by atoms with Crippen LogP contribution in [0.2, 0.25) is 0 Å². The van der Waals surface area contributed by atoms with Gasteiger partial charge in [0.15, 0.2) is 17.2 Å². The molecule has 5 heterocycles. The SMILES string of the molecule is O=C(Nc1ccc(C(=O)N2CCC[C@@H]2c2nnc3ccccn23)s1)c1ccco1. The van der Waals surface area contributed by atoms with E-state index in [1.807, 2.05) is 33.7 Å². The molecule has 8 nitrogen and oxygen atoms in total. The molecular weight excluding hydrogens is 390 g/mol. The minimum Gasteiger partial charge on any atom is -0.459 e. The van der Waals surface area contributed by atoms with E-state index in [1.54, 1.807) is 24.3 Å². The van der Waals surface area contributed by atoms with Crippen LogP contribution in [0.3, 0.4) is 0 Å². The summed E-state index contributed by atoms with van der Waals surface area (Å²) in [4.78, 5) is 27.7. The van der Waals surface area contributed by atoms with Gasteiger partial charge in [-0.15, -0.1) is 21.5 Å². The van der Waals surface area contributed by atoms with E-state index in [2.05, 4.69) is 15.5 Å². The summed E-state index contributed by atoms with van der Waals surface area (Å²) in [5.74, 6) is 0.590. The number of rotatable bonds is 4. The Morgan fingerprint density at radius 1 is 1.14 bits per heavy atom. The van der Waals surface area contributed by atoms with Crippen molar-refractivity contribution in [3.8, 4) is 0 Å². The van der Waals surface area contributed by atoms with Crippen LogP contribution in [0.25, 0.3) is 5.65 Å². The summed E-state index contributed by atoms with van der Waals surface area (Å²) >= 11 is 1.25. The van der Waals surface area contributed by atoms with Crippen LogP contribution in [-0.2, 0) is 0 Å². The lowest BCUT2D eigenvalue weighted by Gasteiger charge is -2.22. The molecule has 146 valence electrons. The van der Waals surface area contributed by atoms with Crippen molar-refractivity contribution < 1.29 is 14.0 Å². The summed E-state index contributed by atoms with van der Waals surface area (Å²) in [6.07, 6.45) is 5.11. The van der Waals surface area contributed by atoms with Gasteiger partial charge in [-0.1, -0.05) is 6.07 Å². The second-order valence-electron chi connectivity index (χ2n) is 6.74. The molecule has 1 atom stereocenters. The van der Waals surface area contributed by atoms with Gasteiger partial charge in [-0.25, -0.2) is 0 Å². The predicted molar refractivity (Wildman–Crippen MR) is 107 cm³/mol. The third-order valence-corrected chi connectivity index (χ3v) is 5.94. The summed E-state index contributed by atoms with van der Waals surface area (Å²) in [7, 11) is 0. The number of aromatic nitrogens is 3. The minimum absolute atomic E-state index is 0.0660. The van der Waals surface area contributed by atoms with Crippen LogP contribution in [0, 0.1) is 0 Å². The molecule has 0 spiro atoms. The van der Waals surface area contributed by atoms with Crippen LogP contribution >= 0.6 is 11.3 Å². The van der Waals surface area contributed by atoms with Crippen molar-refractivity contribution in [2.75, 3.05) is 11.9 Å². The van der Waals surface area contributed by atoms with Gasteiger partial charge in [0, 0.05) is 12.7 Å². The third-order valence-electron chi connectivity index (χ3n) is 4.95. The summed E-state index contributed by atoms with van der Waals surface area (Å²) in [6, 6.07) is 12.3. The number of thiophene rings is 1. The number of pyridine rings is 1. The summed E-state index contributed by atoms with van der Waals surface area (Å²) < 4.78 is 7.03. The van der Waals surface area contributed by atoms with Gasteiger partial charge in [-0.2, -0.15) is 0 Å². The van der Waals surface area contributed by atoms with Crippen molar-refractivity contribution >= 4 is 33.8 Å². The third kappa shape index (κ3) is 3.19. The number of fused-ring (bicyclic) bond motifs is 1. The highest BCUT2D eigenvalue weighted by molar-refractivity contribution is 7.18. The zero-order valence-corrected chi connectivity index (χ0v) is 16.1. The Kier molecular flexibility index (Phi) is 4.36. The molecule has 0 unspecified atom stereocenters. The zero-order valence-electron chi connectivity index (χ0n) is 15.3. The van der Waals surface area contributed by atoms with E-state index in [-0.39, 0.29) is 23.6 Å². The van der Waals surface area contributed by atoms with Gasteiger partial charge in [0.2, 0.25) is 0 Å². The number of amides is 2. The molecule has 1 aliphatic heterocycles. The Morgan fingerprint density at radius 3 is 2.93 bits per heavy atom. The average Bonchev–Trinajstić information content (AvgIpc) is 3.53. The molecule has 1 N–H and O–H groups in total. The largest absolute Gasteiger partial charge is 0.459 e. The fourth-order valence-corrected chi connectivity index (χ4v) is 4.47. The number of likely N-dealkylation sites (tertiary alicyclic amines) is 1. The number of carbonyl (C=O) groups is 2. The molecule has 0 aromatic carbocycles. The molecule has 5 rings (SSSR count). The van der Waals surface area contributed by atoms with Gasteiger partial charge in [0.05, 0.1) is 22.2 Å². The second kappa shape index (κ2) is 7.17. The number of nitrogens with zero attached hydrogens (tertiary/aromatic N) is 4. The topological polar surface area (TPSA) is 92.7 Å². The Labute approximate surface area is 169 Å². The van der Waals surface area contributed by atoms with Crippen molar-refractivity contribution in [1.29, 1.82) is 0 Å². The van der Waals surface area contributed by atoms with Crippen LogP contribution in [0.5, 0.6) is 0 Å². The fourth-order valence-electron chi connectivity index (χ4n) is 3.61. The van der Waals surface area contributed by atoms with Crippen LogP contribution in [0.1, 0.15) is 44.9 Å². The molecule has 29 heavy (non-hydrogen) atoms. The van der Waals surface area contributed by atoms with E-state index in [4.69, 9.17) is 4.42 Å². The fraction of sp³-hybridized carbons (Fsp3) is 0.200. The lowest BCUT2D eigenvalue weighted by atomic mass is 10.2. The first kappa shape index (κ1) is 17.6. The van der Waals surface area contributed by atoms with E-state index < -0.39 is 0 Å². The Morgan fingerprint density at radius 2 is 2.07 bits per heavy atom. The maximum atomic E-state index is 13.2. The van der Waals surface area contributed by atoms with Crippen molar-refractivity contribution in [2.45, 2.75) is 18.9 Å². The molecule has 0 bridgehead atoms. The molecule has 4 aromatic rings. The molecule has 4 aromatic heterocycles. The van der Waals surface area contributed by atoms with E-state index in [0.717, 1.165) is 24.3 Å². The average molecular weight is 407 g/mol.